The number of nitrogens with one attached hydrogen (secondary N) is 1. The van der Waals surface area contributed by atoms with Crippen molar-refractivity contribution in [2.75, 3.05) is 6.54 Å². The van der Waals surface area contributed by atoms with E-state index in [0.29, 0.717) is 17.8 Å². The van der Waals surface area contributed by atoms with Crippen LogP contribution in [-0.2, 0) is 6.42 Å². The number of rotatable bonds is 4. The lowest BCUT2D eigenvalue weighted by molar-refractivity contribution is 0.0631. The Balaban J connectivity index is 1.61. The van der Waals surface area contributed by atoms with Crippen molar-refractivity contribution in [3.05, 3.63) is 71.2 Å². The van der Waals surface area contributed by atoms with Crippen molar-refractivity contribution in [2.24, 2.45) is 0 Å². The number of halogens is 2. The van der Waals surface area contributed by atoms with Crippen molar-refractivity contribution < 1.29 is 23.1 Å². The van der Waals surface area contributed by atoms with E-state index in [9.17, 15) is 18.7 Å². The number of alkyl halides is 2. The number of fused-ring (bicyclic) bond motifs is 2. The van der Waals surface area contributed by atoms with Crippen molar-refractivity contribution in [1.29, 1.82) is 0 Å². The van der Waals surface area contributed by atoms with Crippen molar-refractivity contribution in [1.82, 2.24) is 29.5 Å². The summed E-state index contributed by atoms with van der Waals surface area (Å²) < 4.78 is 34.1. The van der Waals surface area contributed by atoms with Gasteiger partial charge in [-0.1, -0.05) is 6.07 Å². The van der Waals surface area contributed by atoms with Gasteiger partial charge in [-0.05, 0) is 25.1 Å². The van der Waals surface area contributed by atoms with Crippen LogP contribution < -0.4 is 0 Å². The lowest BCUT2D eigenvalue weighted by Gasteiger charge is -2.33. The zero-order valence-corrected chi connectivity index (χ0v) is 16.4. The monoisotopic (exact) mass is 428 g/mol. The number of carbonyl (C=O) groups excluding carboxylic acids is 1. The highest BCUT2D eigenvalue weighted by Gasteiger charge is 2.39. The van der Waals surface area contributed by atoms with Crippen LogP contribution in [0.2, 0.25) is 0 Å². The number of hydrogen-bond donors (Lipinski definition) is 2. The quantitative estimate of drug-likeness (QED) is 0.517. The summed E-state index contributed by atoms with van der Waals surface area (Å²) in [7, 11) is 0. The topological polar surface area (TPSA) is 113 Å². The van der Waals surface area contributed by atoms with E-state index in [-0.39, 0.29) is 12.4 Å². The second-order valence-electron chi connectivity index (χ2n) is 7.30. The van der Waals surface area contributed by atoms with E-state index in [2.05, 4.69) is 20.1 Å². The fourth-order valence-corrected chi connectivity index (χ4v) is 3.85. The summed E-state index contributed by atoms with van der Waals surface area (Å²) in [4.78, 5) is 25.9. The van der Waals surface area contributed by atoms with Gasteiger partial charge in [0.2, 0.25) is 11.7 Å². The van der Waals surface area contributed by atoms with E-state index in [1.54, 1.807) is 10.7 Å². The fourth-order valence-electron chi connectivity index (χ4n) is 3.85. The number of aromatic nitrogens is 5. The first kappa shape index (κ1) is 19.4. The van der Waals surface area contributed by atoms with Crippen LogP contribution in [0.25, 0.3) is 5.52 Å². The molecule has 1 aliphatic heterocycles. The average molecular weight is 428 g/mol. The van der Waals surface area contributed by atoms with E-state index in [0.717, 1.165) is 11.2 Å². The van der Waals surface area contributed by atoms with Gasteiger partial charge >= 0.3 is 0 Å². The number of nitrogens with zero attached hydrogens (tertiary/aromatic N) is 5. The number of imidazole rings is 1. The first-order chi connectivity index (χ1) is 14.9. The van der Waals surface area contributed by atoms with Crippen LogP contribution in [0.3, 0.4) is 0 Å². The third kappa shape index (κ3) is 3.17. The van der Waals surface area contributed by atoms with Crippen molar-refractivity contribution >= 4 is 11.4 Å². The van der Waals surface area contributed by atoms with E-state index in [1.807, 2.05) is 24.3 Å². The van der Waals surface area contributed by atoms with Gasteiger partial charge in [0.1, 0.15) is 12.1 Å². The SMILES string of the molecule is C[C@@H](O)c1nc(C(F)F)c(C(=O)N2CCc3[nH]cnc3[C@@H]2c2cc3ccccn3n2)o1. The smallest absolute Gasteiger partial charge is 0.292 e. The van der Waals surface area contributed by atoms with Crippen LogP contribution in [0.1, 0.15) is 64.7 Å². The zero-order valence-electron chi connectivity index (χ0n) is 16.4. The molecule has 0 unspecified atom stereocenters. The molecule has 2 N–H and O–H groups in total. The number of aliphatic hydroxyl groups excluding tert-OH is 1. The number of amides is 1. The normalized spacial score (nSPS) is 17.3. The Hall–Kier alpha value is -3.60. The van der Waals surface area contributed by atoms with E-state index in [1.165, 1.54) is 18.2 Å². The molecule has 0 saturated heterocycles. The molecule has 11 heteroatoms. The number of pyridine rings is 1. The van der Waals surface area contributed by atoms with E-state index >= 15 is 0 Å². The van der Waals surface area contributed by atoms with Gasteiger partial charge in [0.05, 0.1) is 23.2 Å². The van der Waals surface area contributed by atoms with Crippen LogP contribution in [-0.4, -0.2) is 47.0 Å². The molecule has 5 rings (SSSR count). The highest BCUT2D eigenvalue weighted by Crippen LogP contribution is 2.36. The lowest BCUT2D eigenvalue weighted by atomic mass is 9.99. The van der Waals surface area contributed by atoms with Crippen LogP contribution in [0.15, 0.2) is 41.2 Å². The molecular formula is C20H18F2N6O3. The summed E-state index contributed by atoms with van der Waals surface area (Å²) in [5.74, 6) is -1.68. The van der Waals surface area contributed by atoms with Gasteiger partial charge in [-0.2, -0.15) is 5.10 Å². The number of H-pyrrole nitrogens is 1. The Morgan fingerprint density at radius 3 is 2.97 bits per heavy atom. The Bertz CT molecular complexity index is 1230. The Morgan fingerprint density at radius 2 is 2.23 bits per heavy atom. The maximum atomic E-state index is 13.6. The van der Waals surface area contributed by atoms with E-state index < -0.39 is 35.9 Å². The third-order valence-electron chi connectivity index (χ3n) is 5.28. The molecule has 160 valence electrons. The predicted octanol–water partition coefficient (Wildman–Crippen LogP) is 2.82. The zero-order chi connectivity index (χ0) is 21.7. The highest BCUT2D eigenvalue weighted by atomic mass is 19.3. The molecule has 31 heavy (non-hydrogen) atoms. The van der Waals surface area contributed by atoms with E-state index in [4.69, 9.17) is 4.42 Å². The van der Waals surface area contributed by atoms with Gasteiger partial charge in [-0.3, -0.25) is 4.79 Å². The molecular weight excluding hydrogens is 410 g/mol. The molecule has 0 fully saturated rings. The third-order valence-corrected chi connectivity index (χ3v) is 5.28. The number of aromatic amines is 1. The predicted molar refractivity (Wildman–Crippen MR) is 102 cm³/mol. The number of carbonyl (C=O) groups is 1. The molecule has 5 heterocycles. The molecule has 0 aliphatic carbocycles. The van der Waals surface area contributed by atoms with Crippen molar-refractivity contribution in [2.45, 2.75) is 31.9 Å². The van der Waals surface area contributed by atoms with Crippen LogP contribution in [0.5, 0.6) is 0 Å². The molecule has 0 bridgehead atoms. The summed E-state index contributed by atoms with van der Waals surface area (Å²) in [6.45, 7) is 1.56. The molecule has 0 radical (unpaired) electrons. The first-order valence-electron chi connectivity index (χ1n) is 9.68. The van der Waals surface area contributed by atoms with Gasteiger partial charge in [0.15, 0.2) is 5.69 Å². The van der Waals surface area contributed by atoms with Gasteiger partial charge in [-0.25, -0.2) is 23.3 Å². The number of aliphatic hydroxyl groups is 1. The molecule has 4 aromatic heterocycles. The highest BCUT2D eigenvalue weighted by molar-refractivity contribution is 5.93. The largest absolute Gasteiger partial charge is 0.432 e. The Labute approximate surface area is 174 Å². The number of hydrogen-bond acceptors (Lipinski definition) is 6. The summed E-state index contributed by atoms with van der Waals surface area (Å²) in [5, 5.41) is 14.3. The number of oxazole rings is 1. The average Bonchev–Trinajstić information content (AvgIpc) is 3.49. The summed E-state index contributed by atoms with van der Waals surface area (Å²) >= 11 is 0. The second-order valence-corrected chi connectivity index (χ2v) is 7.30. The molecule has 9 nitrogen and oxygen atoms in total. The summed E-state index contributed by atoms with van der Waals surface area (Å²) in [6.07, 6.45) is -0.486. The molecule has 0 saturated carbocycles. The van der Waals surface area contributed by atoms with Crippen LogP contribution in [0, 0.1) is 0 Å². The summed E-state index contributed by atoms with van der Waals surface area (Å²) in [5.41, 5.74) is 2.01. The minimum Gasteiger partial charge on any atom is -0.432 e. The molecule has 2 atom stereocenters. The molecule has 1 aliphatic rings. The standard InChI is InChI=1S/C20H18F2N6O3/c1-10(29)19-25-15(18(21)22)17(31-19)20(30)27-7-5-12-14(24-9-23-12)16(27)13-8-11-4-2-3-6-28(11)26-13/h2-4,6,8-10,16,18,29H,5,7H2,1H3,(H,23,24)/t10-,16+/m1/s1. The van der Waals surface area contributed by atoms with Gasteiger partial charge < -0.3 is 19.4 Å². The fraction of sp³-hybridized carbons (Fsp3) is 0.300. The van der Waals surface area contributed by atoms with Gasteiger partial charge in [0, 0.05) is 24.9 Å². The lowest BCUT2D eigenvalue weighted by Crippen LogP contribution is -2.41. The van der Waals surface area contributed by atoms with Gasteiger partial charge in [-0.15, -0.1) is 0 Å². The summed E-state index contributed by atoms with van der Waals surface area (Å²) in [6, 6.07) is 6.69. The van der Waals surface area contributed by atoms with Crippen molar-refractivity contribution in [3.8, 4) is 0 Å². The maximum absolute atomic E-state index is 13.6. The Morgan fingerprint density at radius 1 is 1.39 bits per heavy atom. The van der Waals surface area contributed by atoms with Gasteiger partial charge in [0.25, 0.3) is 12.3 Å². The molecule has 4 aromatic rings. The molecule has 1 amide bonds. The maximum Gasteiger partial charge on any atom is 0.292 e. The van der Waals surface area contributed by atoms with Crippen LogP contribution >= 0.6 is 0 Å². The molecule has 0 aromatic carbocycles. The second kappa shape index (κ2) is 7.27. The minimum absolute atomic E-state index is 0.236. The first-order valence-corrected chi connectivity index (χ1v) is 9.68. The van der Waals surface area contributed by atoms with Crippen molar-refractivity contribution in [3.63, 3.8) is 0 Å². The molecule has 0 spiro atoms. The van der Waals surface area contributed by atoms with Crippen LogP contribution in [0.4, 0.5) is 8.78 Å². The minimum atomic E-state index is -3.03. The Kier molecular flexibility index (Phi) is 4.54.